The van der Waals surface area contributed by atoms with Gasteiger partial charge in [-0.3, -0.25) is 9.59 Å². The van der Waals surface area contributed by atoms with Crippen molar-refractivity contribution in [2.45, 2.75) is 26.7 Å². The Hall–Kier alpha value is -1.59. The van der Waals surface area contributed by atoms with Crippen molar-refractivity contribution in [2.75, 3.05) is 19.7 Å². The van der Waals surface area contributed by atoms with Crippen LogP contribution in [0.25, 0.3) is 0 Å². The third-order valence-corrected chi connectivity index (χ3v) is 1.84. The van der Waals surface area contributed by atoms with Gasteiger partial charge in [-0.05, 0) is 13.3 Å². The maximum Gasteiger partial charge on any atom is 0.397 e. The van der Waals surface area contributed by atoms with Gasteiger partial charge in [0.25, 0.3) is 0 Å². The quantitative estimate of drug-likeness (QED) is 0.523. The van der Waals surface area contributed by atoms with Crippen LogP contribution in [0.1, 0.15) is 26.7 Å². The summed E-state index contributed by atoms with van der Waals surface area (Å²) in [6, 6.07) is 0. The summed E-state index contributed by atoms with van der Waals surface area (Å²) in [6.45, 7) is 3.36. The SMILES string of the molecule is CCCCN(CC(=O)O)C(=O)C(=O)OCC. The van der Waals surface area contributed by atoms with Crippen molar-refractivity contribution in [3.05, 3.63) is 0 Å². The molecule has 0 saturated heterocycles. The van der Waals surface area contributed by atoms with Gasteiger partial charge in [0.1, 0.15) is 6.54 Å². The number of aliphatic carboxylic acids is 1. The highest BCUT2D eigenvalue weighted by atomic mass is 16.5. The second kappa shape index (κ2) is 7.67. The normalized spacial score (nSPS) is 9.62. The van der Waals surface area contributed by atoms with Crippen LogP contribution in [0.4, 0.5) is 0 Å². The summed E-state index contributed by atoms with van der Waals surface area (Å²) < 4.78 is 4.52. The molecule has 0 aromatic carbocycles. The molecule has 0 heterocycles. The number of unbranched alkanes of at least 4 members (excludes halogenated alkanes) is 1. The minimum atomic E-state index is -1.14. The molecule has 0 fully saturated rings. The van der Waals surface area contributed by atoms with Crippen molar-refractivity contribution < 1.29 is 24.2 Å². The number of esters is 1. The summed E-state index contributed by atoms with van der Waals surface area (Å²) in [5, 5.41) is 8.60. The lowest BCUT2D eigenvalue weighted by Crippen LogP contribution is -2.41. The van der Waals surface area contributed by atoms with E-state index in [2.05, 4.69) is 4.74 Å². The minimum Gasteiger partial charge on any atom is -0.480 e. The fourth-order valence-electron chi connectivity index (χ4n) is 1.09. The van der Waals surface area contributed by atoms with Crippen LogP contribution in [-0.2, 0) is 19.1 Å². The number of carbonyl (C=O) groups excluding carboxylic acids is 2. The van der Waals surface area contributed by atoms with Gasteiger partial charge in [-0.25, -0.2) is 4.79 Å². The van der Waals surface area contributed by atoms with Crippen LogP contribution in [0, 0.1) is 0 Å². The molecule has 6 heteroatoms. The van der Waals surface area contributed by atoms with Crippen molar-refractivity contribution in [2.24, 2.45) is 0 Å². The van der Waals surface area contributed by atoms with Crippen molar-refractivity contribution >= 4 is 17.8 Å². The van der Waals surface area contributed by atoms with Crippen LogP contribution in [0.5, 0.6) is 0 Å². The third kappa shape index (κ3) is 5.33. The summed E-state index contributed by atoms with van der Waals surface area (Å²) in [4.78, 5) is 34.1. The lowest BCUT2D eigenvalue weighted by Gasteiger charge is -2.18. The zero-order chi connectivity index (χ0) is 12.6. The Balaban J connectivity index is 4.41. The first-order chi connectivity index (χ1) is 7.52. The summed E-state index contributed by atoms with van der Waals surface area (Å²) in [5.74, 6) is -3.04. The van der Waals surface area contributed by atoms with Gasteiger partial charge in [0.05, 0.1) is 6.61 Å². The Bertz CT molecular complexity index is 264. The standard InChI is InChI=1S/C10H17NO5/c1-3-5-6-11(7-8(12)13)9(14)10(15)16-4-2/h3-7H2,1-2H3,(H,12,13). The van der Waals surface area contributed by atoms with Crippen molar-refractivity contribution in [3.8, 4) is 0 Å². The lowest BCUT2D eigenvalue weighted by atomic mass is 10.3. The fraction of sp³-hybridized carbons (Fsp3) is 0.700. The molecule has 0 atom stereocenters. The number of ether oxygens (including phenoxy) is 1. The average molecular weight is 231 g/mol. The molecule has 0 bridgehead atoms. The molecule has 0 aromatic rings. The largest absolute Gasteiger partial charge is 0.480 e. The Morgan fingerprint density at radius 2 is 1.88 bits per heavy atom. The molecule has 1 N–H and O–H groups in total. The summed E-state index contributed by atoms with van der Waals surface area (Å²) in [5.41, 5.74) is 0. The van der Waals surface area contributed by atoms with Crippen molar-refractivity contribution in [3.63, 3.8) is 0 Å². The Labute approximate surface area is 94.2 Å². The number of hydrogen-bond acceptors (Lipinski definition) is 4. The molecule has 0 rings (SSSR count). The zero-order valence-corrected chi connectivity index (χ0v) is 9.56. The predicted octanol–water partition coefficient (Wildman–Crippen LogP) is 0.263. The molecule has 0 radical (unpaired) electrons. The van der Waals surface area contributed by atoms with E-state index in [0.717, 1.165) is 11.3 Å². The first kappa shape index (κ1) is 14.4. The monoisotopic (exact) mass is 231 g/mol. The number of carboxylic acid groups (broad SMARTS) is 1. The van der Waals surface area contributed by atoms with Crippen LogP contribution in [0.15, 0.2) is 0 Å². The van der Waals surface area contributed by atoms with E-state index in [1.807, 2.05) is 6.92 Å². The minimum absolute atomic E-state index is 0.0965. The Morgan fingerprint density at radius 1 is 1.25 bits per heavy atom. The second-order valence-corrected chi connectivity index (χ2v) is 3.19. The molecule has 0 aliphatic rings. The molecule has 0 saturated carbocycles. The summed E-state index contributed by atoms with van der Waals surface area (Å²) in [7, 11) is 0. The van der Waals surface area contributed by atoms with Crippen LogP contribution in [0.2, 0.25) is 0 Å². The van der Waals surface area contributed by atoms with Gasteiger partial charge in [0.15, 0.2) is 0 Å². The first-order valence-electron chi connectivity index (χ1n) is 5.20. The van der Waals surface area contributed by atoms with E-state index in [0.29, 0.717) is 6.42 Å². The van der Waals surface area contributed by atoms with E-state index < -0.39 is 24.4 Å². The van der Waals surface area contributed by atoms with Gasteiger partial charge in [0, 0.05) is 6.54 Å². The molecule has 0 aliphatic carbocycles. The molecule has 0 aromatic heterocycles. The third-order valence-electron chi connectivity index (χ3n) is 1.84. The van der Waals surface area contributed by atoms with E-state index in [-0.39, 0.29) is 13.2 Å². The molecule has 1 amide bonds. The van der Waals surface area contributed by atoms with E-state index in [9.17, 15) is 14.4 Å². The second-order valence-electron chi connectivity index (χ2n) is 3.19. The molecular formula is C10H17NO5. The topological polar surface area (TPSA) is 83.9 Å². The number of amides is 1. The number of carbonyl (C=O) groups is 3. The highest BCUT2D eigenvalue weighted by Gasteiger charge is 2.24. The number of nitrogens with zero attached hydrogens (tertiary/aromatic N) is 1. The predicted molar refractivity (Wildman–Crippen MR) is 55.8 cm³/mol. The average Bonchev–Trinajstić information content (AvgIpc) is 2.23. The van der Waals surface area contributed by atoms with E-state index in [1.54, 1.807) is 6.92 Å². The van der Waals surface area contributed by atoms with Crippen LogP contribution >= 0.6 is 0 Å². The van der Waals surface area contributed by atoms with Gasteiger partial charge in [0.2, 0.25) is 0 Å². The van der Waals surface area contributed by atoms with Gasteiger partial charge in [-0.15, -0.1) is 0 Å². The van der Waals surface area contributed by atoms with Gasteiger partial charge in [-0.2, -0.15) is 0 Å². The van der Waals surface area contributed by atoms with Crippen molar-refractivity contribution in [1.29, 1.82) is 0 Å². The summed E-state index contributed by atoms with van der Waals surface area (Å²) in [6.07, 6.45) is 1.46. The Kier molecular flexibility index (Phi) is 6.91. The van der Waals surface area contributed by atoms with Crippen LogP contribution in [-0.4, -0.2) is 47.5 Å². The van der Waals surface area contributed by atoms with E-state index in [1.165, 1.54) is 0 Å². The highest BCUT2D eigenvalue weighted by molar-refractivity contribution is 6.32. The molecule has 6 nitrogen and oxygen atoms in total. The number of hydrogen-bond donors (Lipinski definition) is 1. The maximum absolute atomic E-state index is 11.5. The lowest BCUT2D eigenvalue weighted by molar-refractivity contribution is -0.161. The van der Waals surface area contributed by atoms with Crippen LogP contribution in [0.3, 0.4) is 0 Å². The fourth-order valence-corrected chi connectivity index (χ4v) is 1.09. The molecule has 0 unspecified atom stereocenters. The van der Waals surface area contributed by atoms with E-state index >= 15 is 0 Å². The number of carboxylic acids is 1. The van der Waals surface area contributed by atoms with E-state index in [4.69, 9.17) is 5.11 Å². The molecule has 16 heavy (non-hydrogen) atoms. The molecular weight excluding hydrogens is 214 g/mol. The maximum atomic E-state index is 11.5. The number of rotatable bonds is 6. The van der Waals surface area contributed by atoms with Gasteiger partial charge < -0.3 is 14.7 Å². The van der Waals surface area contributed by atoms with Gasteiger partial charge in [-0.1, -0.05) is 13.3 Å². The zero-order valence-electron chi connectivity index (χ0n) is 9.56. The molecule has 92 valence electrons. The van der Waals surface area contributed by atoms with Crippen molar-refractivity contribution in [1.82, 2.24) is 4.90 Å². The highest BCUT2D eigenvalue weighted by Crippen LogP contribution is 1.98. The summed E-state index contributed by atoms with van der Waals surface area (Å²) >= 11 is 0. The van der Waals surface area contributed by atoms with Crippen LogP contribution < -0.4 is 0 Å². The van der Waals surface area contributed by atoms with Gasteiger partial charge >= 0.3 is 17.8 Å². The first-order valence-corrected chi connectivity index (χ1v) is 5.20. The Morgan fingerprint density at radius 3 is 2.31 bits per heavy atom. The smallest absolute Gasteiger partial charge is 0.397 e. The molecule has 0 spiro atoms. The molecule has 0 aliphatic heterocycles.